The highest BCUT2D eigenvalue weighted by atomic mass is 31.2. The van der Waals surface area contributed by atoms with Crippen molar-refractivity contribution in [3.05, 3.63) is 229 Å². The van der Waals surface area contributed by atoms with E-state index in [1.54, 1.807) is 0 Å². The summed E-state index contributed by atoms with van der Waals surface area (Å²) in [6.45, 7) is 8.91. The van der Waals surface area contributed by atoms with Gasteiger partial charge < -0.3 is 18.8 Å². The Labute approximate surface area is 360 Å². The molecule has 0 aromatic heterocycles. The molecule has 302 valence electrons. The van der Waals surface area contributed by atoms with E-state index in [0.29, 0.717) is 0 Å². The Bertz CT molecular complexity index is 2680. The summed E-state index contributed by atoms with van der Waals surface area (Å²) in [6.07, 6.45) is 0. The molecule has 0 atom stereocenters. The van der Waals surface area contributed by atoms with Crippen LogP contribution in [0.25, 0.3) is 0 Å². The summed E-state index contributed by atoms with van der Waals surface area (Å²) < 4.78 is 37.2. The molecule has 0 radical (unpaired) electrons. The summed E-state index contributed by atoms with van der Waals surface area (Å²) in [5.41, 5.74) is 5.46. The minimum Gasteiger partial charge on any atom is -0.453 e. The second kappa shape index (κ2) is 15.7. The van der Waals surface area contributed by atoms with E-state index in [1.165, 1.54) is 0 Å². The number of hydrogen-bond donors (Lipinski definition) is 0. The predicted molar refractivity (Wildman–Crippen MR) is 257 cm³/mol. The fourth-order valence-electron chi connectivity index (χ4n) is 8.72. The highest BCUT2D eigenvalue weighted by Gasteiger charge is 2.35. The molecule has 0 saturated heterocycles. The van der Waals surface area contributed by atoms with Gasteiger partial charge in [0.2, 0.25) is 0 Å². The van der Waals surface area contributed by atoms with Gasteiger partial charge in [0.15, 0.2) is 25.8 Å². The van der Waals surface area contributed by atoms with Gasteiger partial charge in [-0.1, -0.05) is 198 Å². The first-order valence-electron chi connectivity index (χ1n) is 20.8. The molecule has 1 aliphatic heterocycles. The van der Waals surface area contributed by atoms with E-state index in [2.05, 4.69) is 100 Å². The molecule has 0 saturated carbocycles. The van der Waals surface area contributed by atoms with E-state index in [0.717, 1.165) is 77.0 Å². The van der Waals surface area contributed by atoms with Crippen LogP contribution in [0.3, 0.4) is 0 Å². The SMILES string of the molecule is CN1c2cc(C(C)(C)c3cccc(P(=O)(c4ccccc4)c4ccccc4)c3)ccc2Oc2ccc(C(C)(C)c3cccc(P(=O)(c4ccccc4)c4ccccc4)c3)cc21. The van der Waals surface area contributed by atoms with Crippen molar-refractivity contribution in [2.45, 2.75) is 38.5 Å². The molecule has 0 N–H and O–H groups in total. The lowest BCUT2D eigenvalue weighted by Crippen LogP contribution is -2.27. The van der Waals surface area contributed by atoms with Crippen LogP contribution in [0.5, 0.6) is 11.5 Å². The summed E-state index contributed by atoms with van der Waals surface area (Å²) in [5, 5.41) is 4.89. The Hall–Kier alpha value is -6.18. The summed E-state index contributed by atoms with van der Waals surface area (Å²) in [4.78, 5) is 2.22. The first kappa shape index (κ1) is 40.2. The van der Waals surface area contributed by atoms with Crippen LogP contribution in [0, 0.1) is 0 Å². The van der Waals surface area contributed by atoms with Crippen molar-refractivity contribution >= 4 is 57.5 Å². The molecule has 0 unspecified atom stereocenters. The number of hydrogen-bond acceptors (Lipinski definition) is 4. The largest absolute Gasteiger partial charge is 0.453 e. The van der Waals surface area contributed by atoms with Crippen LogP contribution >= 0.6 is 14.3 Å². The van der Waals surface area contributed by atoms with Gasteiger partial charge in [-0.25, -0.2) is 0 Å². The third-order valence-corrected chi connectivity index (χ3v) is 18.8. The smallest absolute Gasteiger partial charge is 0.171 e. The number of rotatable bonds is 10. The quantitative estimate of drug-likeness (QED) is 0.129. The third-order valence-electron chi connectivity index (χ3n) is 12.6. The highest BCUT2D eigenvalue weighted by molar-refractivity contribution is 7.85. The molecule has 0 spiro atoms. The normalized spacial score (nSPS) is 12.9. The number of nitrogens with zero attached hydrogens (tertiary/aromatic N) is 1. The molecule has 0 bridgehead atoms. The van der Waals surface area contributed by atoms with Gasteiger partial charge in [0.25, 0.3) is 0 Å². The molecule has 9 rings (SSSR count). The lowest BCUT2D eigenvalue weighted by atomic mass is 9.77. The van der Waals surface area contributed by atoms with Gasteiger partial charge in [0, 0.05) is 49.7 Å². The van der Waals surface area contributed by atoms with E-state index in [9.17, 15) is 0 Å². The summed E-state index contributed by atoms with van der Waals surface area (Å²) in [5.74, 6) is 1.58. The summed E-state index contributed by atoms with van der Waals surface area (Å²) in [7, 11) is -4.21. The minimum atomic E-state index is -3.15. The van der Waals surface area contributed by atoms with Crippen molar-refractivity contribution < 1.29 is 13.9 Å². The van der Waals surface area contributed by atoms with Crippen LogP contribution in [0.4, 0.5) is 11.4 Å². The zero-order valence-electron chi connectivity index (χ0n) is 35.2. The van der Waals surface area contributed by atoms with Crippen molar-refractivity contribution in [1.82, 2.24) is 0 Å². The number of ether oxygens (including phenoxy) is 1. The third kappa shape index (κ3) is 6.99. The van der Waals surface area contributed by atoms with Crippen molar-refractivity contribution in [1.29, 1.82) is 0 Å². The zero-order chi connectivity index (χ0) is 42.4. The number of anilines is 2. The maximum Gasteiger partial charge on any atom is 0.171 e. The van der Waals surface area contributed by atoms with Crippen molar-refractivity contribution in [3.63, 3.8) is 0 Å². The summed E-state index contributed by atoms with van der Waals surface area (Å²) >= 11 is 0. The van der Waals surface area contributed by atoms with Gasteiger partial charge >= 0.3 is 0 Å². The number of fused-ring (bicyclic) bond motifs is 2. The van der Waals surface area contributed by atoms with Crippen molar-refractivity contribution in [3.8, 4) is 11.5 Å². The highest BCUT2D eigenvalue weighted by Crippen LogP contribution is 2.50. The van der Waals surface area contributed by atoms with Gasteiger partial charge in [-0.15, -0.1) is 0 Å². The van der Waals surface area contributed by atoms with Crippen LogP contribution in [0.2, 0.25) is 0 Å². The van der Waals surface area contributed by atoms with Crippen LogP contribution in [0.1, 0.15) is 49.9 Å². The molecular weight excluding hydrogens is 785 g/mol. The molecule has 8 aromatic carbocycles. The molecule has 61 heavy (non-hydrogen) atoms. The lowest BCUT2D eigenvalue weighted by molar-refractivity contribution is 0.473. The fourth-order valence-corrected chi connectivity index (χ4v) is 14.1. The molecule has 1 aliphatic rings. The lowest BCUT2D eigenvalue weighted by Gasteiger charge is -2.35. The monoisotopic (exact) mass is 833 g/mol. The molecular formula is C55H49NO3P2. The molecule has 8 aromatic rings. The maximum atomic E-state index is 15.3. The Balaban J connectivity index is 1.05. The average molecular weight is 834 g/mol. The van der Waals surface area contributed by atoms with Crippen LogP contribution < -0.4 is 41.5 Å². The van der Waals surface area contributed by atoms with Gasteiger partial charge in [0.1, 0.15) is 0 Å². The zero-order valence-corrected chi connectivity index (χ0v) is 37.0. The topological polar surface area (TPSA) is 46.6 Å². The Morgan fingerprint density at radius 1 is 0.361 bits per heavy atom. The van der Waals surface area contributed by atoms with Gasteiger partial charge in [0.05, 0.1) is 11.4 Å². The minimum absolute atomic E-state index is 0.432. The fraction of sp³-hybridized carbons (Fsp3) is 0.127. The molecule has 0 fully saturated rings. The Morgan fingerprint density at radius 3 is 0.984 bits per heavy atom. The van der Waals surface area contributed by atoms with E-state index < -0.39 is 25.1 Å². The van der Waals surface area contributed by atoms with Crippen LogP contribution in [-0.4, -0.2) is 7.05 Å². The van der Waals surface area contributed by atoms with E-state index >= 15 is 9.13 Å². The first-order valence-corrected chi connectivity index (χ1v) is 24.2. The van der Waals surface area contributed by atoms with Crippen molar-refractivity contribution in [2.24, 2.45) is 0 Å². The molecule has 0 aliphatic carbocycles. The standard InChI is InChI=1S/C55H49NO3P2/c1-54(2,40-20-18-30-48(36-40)60(57,44-22-10-6-11-23-44)45-24-12-7-13-25-45)42-32-34-52-50(38-42)56(5)51-39-43(33-35-53(51)59-52)55(3,4)41-21-19-31-49(37-41)61(58,46-26-14-8-15-27-46)47-28-16-9-17-29-47/h6-39H,1-5H3. The van der Waals surface area contributed by atoms with Crippen LogP contribution in [-0.2, 0) is 20.0 Å². The van der Waals surface area contributed by atoms with E-state index in [-0.39, 0.29) is 0 Å². The van der Waals surface area contributed by atoms with Gasteiger partial charge in [-0.3, -0.25) is 0 Å². The average Bonchev–Trinajstić information content (AvgIpc) is 3.32. The van der Waals surface area contributed by atoms with Gasteiger partial charge in [-0.2, -0.15) is 0 Å². The number of benzene rings is 8. The molecule has 4 nitrogen and oxygen atoms in total. The summed E-state index contributed by atoms with van der Waals surface area (Å²) in [6, 6.07) is 68.9. The Kier molecular flexibility index (Phi) is 10.4. The second-order valence-electron chi connectivity index (χ2n) is 16.9. The molecule has 1 heterocycles. The predicted octanol–water partition coefficient (Wildman–Crippen LogP) is 11.5. The maximum absolute atomic E-state index is 15.3. The second-order valence-corrected chi connectivity index (χ2v) is 22.5. The molecule has 0 amide bonds. The van der Waals surface area contributed by atoms with Crippen LogP contribution in [0.15, 0.2) is 206 Å². The Morgan fingerprint density at radius 2 is 0.656 bits per heavy atom. The van der Waals surface area contributed by atoms with Crippen molar-refractivity contribution in [2.75, 3.05) is 11.9 Å². The first-order chi connectivity index (χ1) is 29.4. The van der Waals surface area contributed by atoms with E-state index in [4.69, 9.17) is 4.74 Å². The van der Waals surface area contributed by atoms with Gasteiger partial charge in [-0.05, 0) is 58.7 Å². The molecule has 6 heteroatoms. The van der Waals surface area contributed by atoms with E-state index in [1.807, 2.05) is 146 Å².